The third-order valence-corrected chi connectivity index (χ3v) is 4.97. The van der Waals surface area contributed by atoms with Gasteiger partial charge in [0.2, 0.25) is 10.0 Å². The molecule has 1 aromatic carbocycles. The zero-order valence-electron chi connectivity index (χ0n) is 13.3. The van der Waals surface area contributed by atoms with Gasteiger partial charge in [-0.25, -0.2) is 8.42 Å². The number of hydrogen-bond donors (Lipinski definition) is 2. The first-order valence-corrected chi connectivity index (χ1v) is 8.65. The average molecular weight is 366 g/mol. The molecule has 0 aliphatic carbocycles. The molecule has 130 valence electrons. The van der Waals surface area contributed by atoms with Crippen LogP contribution in [0.2, 0.25) is 5.02 Å². The van der Waals surface area contributed by atoms with E-state index in [0.717, 1.165) is 0 Å². The van der Waals surface area contributed by atoms with Crippen molar-refractivity contribution in [3.63, 3.8) is 0 Å². The number of sulfonamides is 1. The zero-order valence-corrected chi connectivity index (χ0v) is 14.9. The summed E-state index contributed by atoms with van der Waals surface area (Å²) in [6.07, 6.45) is 0.152. The Bertz CT molecular complexity index is 674. The van der Waals surface area contributed by atoms with Crippen molar-refractivity contribution in [1.29, 1.82) is 0 Å². The van der Waals surface area contributed by atoms with Gasteiger partial charge in [0.05, 0.1) is 19.2 Å². The summed E-state index contributed by atoms with van der Waals surface area (Å²) >= 11 is 5.99. The smallest absolute Gasteiger partial charge is 0.321 e. The summed E-state index contributed by atoms with van der Waals surface area (Å²) in [6.45, 7) is 3.60. The number of ether oxygens (including phenoxy) is 2. The maximum atomic E-state index is 12.5. The van der Waals surface area contributed by atoms with Crippen LogP contribution in [-0.2, 0) is 14.8 Å². The number of carboxylic acid groups (broad SMARTS) is 1. The molecular formula is C14H20ClNO6S. The summed E-state index contributed by atoms with van der Waals surface area (Å²) in [6, 6.07) is 1.24. The van der Waals surface area contributed by atoms with E-state index in [0.29, 0.717) is 0 Å². The highest BCUT2D eigenvalue weighted by Gasteiger charge is 2.28. The molecule has 0 amide bonds. The Labute approximate surface area is 140 Å². The van der Waals surface area contributed by atoms with Gasteiger partial charge >= 0.3 is 5.97 Å². The van der Waals surface area contributed by atoms with Crippen LogP contribution in [0.25, 0.3) is 0 Å². The van der Waals surface area contributed by atoms with Crippen LogP contribution in [0.4, 0.5) is 0 Å². The second-order valence-electron chi connectivity index (χ2n) is 5.28. The topological polar surface area (TPSA) is 102 Å². The Morgan fingerprint density at radius 3 is 2.22 bits per heavy atom. The monoisotopic (exact) mass is 365 g/mol. The number of nitrogens with one attached hydrogen (secondary N) is 1. The SMILES string of the molecule is COc1cc(Cl)c(S(=O)(=O)N[C@@H](CC(C)C)C(=O)O)cc1OC. The first-order valence-electron chi connectivity index (χ1n) is 6.79. The van der Waals surface area contributed by atoms with E-state index in [1.165, 1.54) is 26.4 Å². The van der Waals surface area contributed by atoms with Crippen molar-refractivity contribution in [2.45, 2.75) is 31.2 Å². The zero-order chi connectivity index (χ0) is 17.8. The fourth-order valence-electron chi connectivity index (χ4n) is 1.96. The van der Waals surface area contributed by atoms with Crippen LogP contribution in [0, 0.1) is 5.92 Å². The van der Waals surface area contributed by atoms with Crippen LogP contribution in [0.15, 0.2) is 17.0 Å². The van der Waals surface area contributed by atoms with E-state index in [1.807, 2.05) is 0 Å². The first-order chi connectivity index (χ1) is 10.6. The highest BCUT2D eigenvalue weighted by Crippen LogP contribution is 2.35. The van der Waals surface area contributed by atoms with Crippen molar-refractivity contribution in [2.24, 2.45) is 5.92 Å². The second kappa shape index (κ2) is 7.85. The molecule has 7 nitrogen and oxygen atoms in total. The van der Waals surface area contributed by atoms with E-state index in [9.17, 15) is 18.3 Å². The van der Waals surface area contributed by atoms with E-state index in [4.69, 9.17) is 21.1 Å². The standard InChI is InChI=1S/C14H20ClNO6S/c1-8(2)5-10(14(17)18)16-23(19,20)13-7-12(22-4)11(21-3)6-9(13)15/h6-8,10,16H,5H2,1-4H3,(H,17,18)/t10-/m0/s1. The second-order valence-corrected chi connectivity index (χ2v) is 7.37. The van der Waals surface area contributed by atoms with Gasteiger partial charge in [0.1, 0.15) is 10.9 Å². The minimum Gasteiger partial charge on any atom is -0.493 e. The molecule has 0 radical (unpaired) electrons. The first kappa shape index (κ1) is 19.5. The molecule has 9 heteroatoms. The Morgan fingerprint density at radius 2 is 1.78 bits per heavy atom. The minimum absolute atomic E-state index is 0.000301. The van der Waals surface area contributed by atoms with E-state index in [-0.39, 0.29) is 33.8 Å². The van der Waals surface area contributed by atoms with E-state index in [1.54, 1.807) is 13.8 Å². The minimum atomic E-state index is -4.14. The fraction of sp³-hybridized carbons (Fsp3) is 0.500. The van der Waals surface area contributed by atoms with Gasteiger partial charge < -0.3 is 14.6 Å². The lowest BCUT2D eigenvalue weighted by atomic mass is 10.1. The van der Waals surface area contributed by atoms with Gasteiger partial charge in [-0.15, -0.1) is 0 Å². The molecule has 0 saturated carbocycles. The summed E-state index contributed by atoms with van der Waals surface area (Å²) in [4.78, 5) is 11.0. The molecule has 23 heavy (non-hydrogen) atoms. The van der Waals surface area contributed by atoms with Crippen LogP contribution in [-0.4, -0.2) is 39.8 Å². The highest BCUT2D eigenvalue weighted by molar-refractivity contribution is 7.89. The average Bonchev–Trinajstić information content (AvgIpc) is 2.44. The fourth-order valence-corrected chi connectivity index (χ4v) is 3.70. The number of aliphatic carboxylic acids is 1. The molecule has 0 saturated heterocycles. The lowest BCUT2D eigenvalue weighted by molar-refractivity contribution is -0.139. The van der Waals surface area contributed by atoms with Gasteiger partial charge in [0.25, 0.3) is 0 Å². The summed E-state index contributed by atoms with van der Waals surface area (Å²) in [7, 11) is -1.39. The lowest BCUT2D eigenvalue weighted by Gasteiger charge is -2.18. The van der Waals surface area contributed by atoms with Gasteiger partial charge in [-0.3, -0.25) is 4.79 Å². The Balaban J connectivity index is 3.24. The van der Waals surface area contributed by atoms with Gasteiger partial charge in [-0.2, -0.15) is 4.72 Å². The van der Waals surface area contributed by atoms with Crippen LogP contribution in [0.1, 0.15) is 20.3 Å². The van der Waals surface area contributed by atoms with Crippen LogP contribution < -0.4 is 14.2 Å². The summed E-state index contributed by atoms with van der Waals surface area (Å²) in [5.41, 5.74) is 0. The normalized spacial score (nSPS) is 13.0. The molecule has 0 heterocycles. The lowest BCUT2D eigenvalue weighted by Crippen LogP contribution is -2.41. The Hall–Kier alpha value is -1.51. The van der Waals surface area contributed by atoms with Crippen molar-refractivity contribution in [2.75, 3.05) is 14.2 Å². The van der Waals surface area contributed by atoms with E-state index in [2.05, 4.69) is 4.72 Å². The van der Waals surface area contributed by atoms with Gasteiger partial charge in [0.15, 0.2) is 11.5 Å². The van der Waals surface area contributed by atoms with Gasteiger partial charge in [-0.1, -0.05) is 25.4 Å². The maximum Gasteiger partial charge on any atom is 0.321 e. The molecular weight excluding hydrogens is 346 g/mol. The molecule has 1 rings (SSSR count). The third kappa shape index (κ3) is 4.98. The van der Waals surface area contributed by atoms with E-state index < -0.39 is 22.0 Å². The van der Waals surface area contributed by atoms with Crippen molar-refractivity contribution < 1.29 is 27.8 Å². The molecule has 0 spiro atoms. The third-order valence-electron chi connectivity index (χ3n) is 3.03. The van der Waals surface area contributed by atoms with Crippen LogP contribution in [0.5, 0.6) is 11.5 Å². The molecule has 0 aliphatic heterocycles. The molecule has 1 atom stereocenters. The largest absolute Gasteiger partial charge is 0.493 e. The molecule has 0 aliphatic rings. The summed E-state index contributed by atoms with van der Waals surface area (Å²) in [5, 5.41) is 9.09. The Kier molecular flexibility index (Phi) is 6.67. The number of benzene rings is 1. The summed E-state index contributed by atoms with van der Waals surface area (Å²) in [5.74, 6) is -0.806. The number of methoxy groups -OCH3 is 2. The van der Waals surface area contributed by atoms with Crippen LogP contribution in [0.3, 0.4) is 0 Å². The van der Waals surface area contributed by atoms with Gasteiger partial charge in [0, 0.05) is 12.1 Å². The predicted molar refractivity (Wildman–Crippen MR) is 85.8 cm³/mol. The number of rotatable bonds is 8. The molecule has 2 N–H and O–H groups in total. The van der Waals surface area contributed by atoms with Crippen molar-refractivity contribution >= 4 is 27.6 Å². The summed E-state index contributed by atoms with van der Waals surface area (Å²) < 4.78 is 37.2. The molecule has 1 aromatic rings. The molecule has 0 fully saturated rings. The van der Waals surface area contributed by atoms with E-state index >= 15 is 0 Å². The maximum absolute atomic E-state index is 12.5. The molecule has 0 aromatic heterocycles. The number of hydrogen-bond acceptors (Lipinski definition) is 5. The number of carbonyl (C=O) groups is 1. The number of carboxylic acids is 1. The quantitative estimate of drug-likeness (QED) is 0.731. The van der Waals surface area contributed by atoms with Crippen molar-refractivity contribution in [3.05, 3.63) is 17.2 Å². The van der Waals surface area contributed by atoms with Gasteiger partial charge in [-0.05, 0) is 12.3 Å². The van der Waals surface area contributed by atoms with Crippen molar-refractivity contribution in [1.82, 2.24) is 4.72 Å². The number of halogens is 1. The molecule has 0 unspecified atom stereocenters. The highest BCUT2D eigenvalue weighted by atomic mass is 35.5. The molecule has 0 bridgehead atoms. The van der Waals surface area contributed by atoms with Crippen LogP contribution >= 0.6 is 11.6 Å². The Morgan fingerprint density at radius 1 is 1.26 bits per heavy atom. The van der Waals surface area contributed by atoms with Crippen molar-refractivity contribution in [3.8, 4) is 11.5 Å². The predicted octanol–water partition coefficient (Wildman–Crippen LogP) is 2.13.